The molecule has 3 nitrogen and oxygen atoms in total. The molecule has 0 unspecified atom stereocenters. The Morgan fingerprint density at radius 2 is 2.27 bits per heavy atom. The molecule has 0 aliphatic rings. The third-order valence-corrected chi connectivity index (χ3v) is 1.63. The van der Waals surface area contributed by atoms with Crippen molar-refractivity contribution in [2.75, 3.05) is 5.43 Å². The number of benzene rings is 1. The largest absolute Gasteiger partial charge is 0.506 e. The van der Waals surface area contributed by atoms with Crippen LogP contribution in [0.15, 0.2) is 18.2 Å². The van der Waals surface area contributed by atoms with Gasteiger partial charge in [0.05, 0.1) is 5.69 Å². The van der Waals surface area contributed by atoms with Gasteiger partial charge in [-0.15, -0.1) is 0 Å². The van der Waals surface area contributed by atoms with E-state index in [4.69, 9.17) is 5.84 Å². The zero-order chi connectivity index (χ0) is 8.27. The smallest absolute Gasteiger partial charge is 0.140 e. The van der Waals surface area contributed by atoms with E-state index in [0.717, 1.165) is 12.0 Å². The van der Waals surface area contributed by atoms with Crippen LogP contribution in [0.3, 0.4) is 0 Å². The van der Waals surface area contributed by atoms with E-state index >= 15 is 0 Å². The first kappa shape index (κ1) is 7.88. The lowest BCUT2D eigenvalue weighted by Gasteiger charge is -2.04. The second-order valence-electron chi connectivity index (χ2n) is 2.35. The Morgan fingerprint density at radius 1 is 1.55 bits per heavy atom. The number of nitrogens with one attached hydrogen (secondary N) is 1. The van der Waals surface area contributed by atoms with E-state index in [1.54, 1.807) is 12.1 Å². The first-order valence-corrected chi connectivity index (χ1v) is 3.56. The van der Waals surface area contributed by atoms with Gasteiger partial charge < -0.3 is 10.5 Å². The molecule has 0 spiro atoms. The number of aromatic hydroxyl groups is 1. The maximum atomic E-state index is 9.28. The number of hydrogen-bond donors (Lipinski definition) is 3. The minimum Gasteiger partial charge on any atom is -0.506 e. The highest BCUT2D eigenvalue weighted by atomic mass is 16.3. The highest BCUT2D eigenvalue weighted by Crippen LogP contribution is 2.22. The molecule has 1 rings (SSSR count). The van der Waals surface area contributed by atoms with Gasteiger partial charge in [0.15, 0.2) is 0 Å². The van der Waals surface area contributed by atoms with Gasteiger partial charge in [0.25, 0.3) is 0 Å². The van der Waals surface area contributed by atoms with Crippen molar-refractivity contribution in [3.05, 3.63) is 23.8 Å². The predicted octanol–water partition coefficient (Wildman–Crippen LogP) is 1.24. The van der Waals surface area contributed by atoms with Crippen LogP contribution in [0.25, 0.3) is 0 Å². The summed E-state index contributed by atoms with van der Waals surface area (Å²) in [5.41, 5.74) is 4.05. The molecule has 60 valence electrons. The van der Waals surface area contributed by atoms with Crippen LogP contribution in [-0.2, 0) is 6.42 Å². The van der Waals surface area contributed by atoms with Gasteiger partial charge in [-0.2, -0.15) is 0 Å². The van der Waals surface area contributed by atoms with Gasteiger partial charge in [-0.1, -0.05) is 13.0 Å². The molecular formula is C8H12N2O. The van der Waals surface area contributed by atoms with Crippen molar-refractivity contribution < 1.29 is 5.11 Å². The third kappa shape index (κ3) is 1.62. The maximum Gasteiger partial charge on any atom is 0.140 e. The number of hydrazine groups is 1. The Balaban J connectivity index is 2.99. The molecule has 0 saturated heterocycles. The fraction of sp³-hybridized carbons (Fsp3) is 0.250. The van der Waals surface area contributed by atoms with Crippen molar-refractivity contribution in [2.45, 2.75) is 13.3 Å². The van der Waals surface area contributed by atoms with Crippen molar-refractivity contribution in [3.8, 4) is 5.75 Å². The quantitative estimate of drug-likeness (QED) is 0.339. The number of anilines is 1. The van der Waals surface area contributed by atoms with Crippen LogP contribution in [0.4, 0.5) is 5.69 Å². The van der Waals surface area contributed by atoms with E-state index in [9.17, 15) is 5.11 Å². The number of aryl methyl sites for hydroxylation is 1. The minimum atomic E-state index is 0.201. The average molecular weight is 152 g/mol. The number of phenolic OH excluding ortho intramolecular Hbond substituents is 1. The summed E-state index contributed by atoms with van der Waals surface area (Å²) in [5.74, 6) is 5.33. The number of nitrogens with two attached hydrogens (primary N) is 1. The molecule has 4 N–H and O–H groups in total. The fourth-order valence-electron chi connectivity index (χ4n) is 0.919. The summed E-state index contributed by atoms with van der Waals surface area (Å²) >= 11 is 0. The van der Waals surface area contributed by atoms with Gasteiger partial charge >= 0.3 is 0 Å². The van der Waals surface area contributed by atoms with E-state index in [0.29, 0.717) is 5.69 Å². The van der Waals surface area contributed by atoms with Crippen LogP contribution in [0.5, 0.6) is 5.75 Å². The van der Waals surface area contributed by atoms with E-state index in [2.05, 4.69) is 5.43 Å². The molecule has 0 bridgehead atoms. The molecule has 1 aromatic rings. The van der Waals surface area contributed by atoms with Gasteiger partial charge in [-0.3, -0.25) is 5.84 Å². The highest BCUT2D eigenvalue weighted by Gasteiger charge is 1.98. The van der Waals surface area contributed by atoms with Gasteiger partial charge in [0, 0.05) is 0 Å². The Morgan fingerprint density at radius 3 is 2.73 bits per heavy atom. The second-order valence-corrected chi connectivity index (χ2v) is 2.35. The summed E-state index contributed by atoms with van der Waals surface area (Å²) in [6, 6.07) is 5.39. The molecular weight excluding hydrogens is 140 g/mol. The summed E-state index contributed by atoms with van der Waals surface area (Å²) in [7, 11) is 0. The molecule has 0 aromatic heterocycles. The number of phenols is 1. The second kappa shape index (κ2) is 3.25. The van der Waals surface area contributed by atoms with E-state index in [-0.39, 0.29) is 5.75 Å². The summed E-state index contributed by atoms with van der Waals surface area (Å²) in [4.78, 5) is 0. The molecule has 1 aromatic carbocycles. The highest BCUT2D eigenvalue weighted by molar-refractivity contribution is 5.55. The van der Waals surface area contributed by atoms with Gasteiger partial charge in [0.1, 0.15) is 5.75 Å². The fourth-order valence-corrected chi connectivity index (χ4v) is 0.919. The zero-order valence-electron chi connectivity index (χ0n) is 6.46. The zero-order valence-corrected chi connectivity index (χ0v) is 6.46. The van der Waals surface area contributed by atoms with Crippen molar-refractivity contribution >= 4 is 5.69 Å². The van der Waals surface area contributed by atoms with E-state index in [1.165, 1.54) is 0 Å². The van der Waals surface area contributed by atoms with Crippen LogP contribution < -0.4 is 11.3 Å². The first-order chi connectivity index (χ1) is 5.27. The lowest BCUT2D eigenvalue weighted by molar-refractivity contribution is 0.476. The van der Waals surface area contributed by atoms with Crippen LogP contribution in [-0.4, -0.2) is 5.11 Å². The first-order valence-electron chi connectivity index (χ1n) is 3.56. The SMILES string of the molecule is CCc1ccc(NN)c(O)c1. The summed E-state index contributed by atoms with van der Waals surface area (Å²) < 4.78 is 0. The normalized spacial score (nSPS) is 9.64. The molecule has 0 atom stereocenters. The van der Waals surface area contributed by atoms with Gasteiger partial charge in [0.2, 0.25) is 0 Å². The average Bonchev–Trinajstić information content (AvgIpc) is 2.04. The monoisotopic (exact) mass is 152 g/mol. The van der Waals surface area contributed by atoms with Crippen molar-refractivity contribution in [2.24, 2.45) is 5.84 Å². The Hall–Kier alpha value is -1.22. The summed E-state index contributed by atoms with van der Waals surface area (Å²) in [6.07, 6.45) is 0.915. The molecule has 11 heavy (non-hydrogen) atoms. The summed E-state index contributed by atoms with van der Waals surface area (Å²) in [5, 5.41) is 9.28. The third-order valence-electron chi connectivity index (χ3n) is 1.63. The molecule has 0 aliphatic carbocycles. The van der Waals surface area contributed by atoms with E-state index in [1.807, 2.05) is 13.0 Å². The minimum absolute atomic E-state index is 0.201. The number of hydrogen-bond acceptors (Lipinski definition) is 3. The van der Waals surface area contributed by atoms with Gasteiger partial charge in [-0.05, 0) is 24.1 Å². The van der Waals surface area contributed by atoms with Crippen molar-refractivity contribution in [1.82, 2.24) is 0 Å². The van der Waals surface area contributed by atoms with Crippen molar-refractivity contribution in [1.29, 1.82) is 0 Å². The Bertz CT molecular complexity index is 248. The Kier molecular flexibility index (Phi) is 2.33. The molecule has 0 fully saturated rings. The lowest BCUT2D eigenvalue weighted by Crippen LogP contribution is -2.06. The molecule has 0 aliphatic heterocycles. The predicted molar refractivity (Wildman–Crippen MR) is 45.3 cm³/mol. The molecule has 0 amide bonds. The van der Waals surface area contributed by atoms with Crippen LogP contribution in [0, 0.1) is 0 Å². The molecule has 3 heteroatoms. The molecule has 0 saturated carbocycles. The van der Waals surface area contributed by atoms with Crippen LogP contribution in [0.1, 0.15) is 12.5 Å². The number of nitrogen functional groups attached to an aromatic ring is 1. The number of rotatable bonds is 2. The maximum absolute atomic E-state index is 9.28. The van der Waals surface area contributed by atoms with Crippen LogP contribution in [0.2, 0.25) is 0 Å². The standard InChI is InChI=1S/C8H12N2O/c1-2-6-3-4-7(10-9)8(11)5-6/h3-5,10-11H,2,9H2,1H3. The Labute approximate surface area is 65.8 Å². The lowest BCUT2D eigenvalue weighted by atomic mass is 10.1. The van der Waals surface area contributed by atoms with Crippen LogP contribution >= 0.6 is 0 Å². The van der Waals surface area contributed by atoms with Crippen molar-refractivity contribution in [3.63, 3.8) is 0 Å². The molecule has 0 radical (unpaired) electrons. The molecule has 0 heterocycles. The van der Waals surface area contributed by atoms with Gasteiger partial charge in [-0.25, -0.2) is 0 Å². The van der Waals surface area contributed by atoms with E-state index < -0.39 is 0 Å². The topological polar surface area (TPSA) is 58.3 Å². The summed E-state index contributed by atoms with van der Waals surface area (Å²) in [6.45, 7) is 2.03.